The van der Waals surface area contributed by atoms with Gasteiger partial charge < -0.3 is 5.73 Å². The Hall–Kier alpha value is -1.75. The van der Waals surface area contributed by atoms with Gasteiger partial charge in [-0.15, -0.1) is 11.3 Å². The first kappa shape index (κ1) is 11.7. The number of benzene rings is 1. The lowest BCUT2D eigenvalue weighted by Gasteiger charge is -2.00. The number of carbonyl (C=O) groups is 1. The van der Waals surface area contributed by atoms with Crippen molar-refractivity contribution in [1.82, 2.24) is 4.98 Å². The summed E-state index contributed by atoms with van der Waals surface area (Å²) in [7, 11) is 0. The number of hydrogen-bond donors (Lipinski definition) is 1. The number of thiazole rings is 1. The topological polar surface area (TPSA) is 56.0 Å². The molecule has 0 unspecified atom stereocenters. The van der Waals surface area contributed by atoms with E-state index < -0.39 is 5.91 Å². The molecule has 0 aliphatic rings. The third-order valence-corrected chi connectivity index (χ3v) is 3.56. The van der Waals surface area contributed by atoms with E-state index in [9.17, 15) is 9.18 Å². The molecule has 2 N–H and O–H groups in total. The number of amides is 1. The summed E-state index contributed by atoms with van der Waals surface area (Å²) in [4.78, 5) is 15.9. The van der Waals surface area contributed by atoms with Crippen LogP contribution in [0.15, 0.2) is 24.3 Å². The van der Waals surface area contributed by atoms with Crippen molar-refractivity contribution in [3.05, 3.63) is 40.8 Å². The lowest BCUT2D eigenvalue weighted by Crippen LogP contribution is -2.12. The Morgan fingerprint density at radius 2 is 2.18 bits per heavy atom. The summed E-state index contributed by atoms with van der Waals surface area (Å²) in [6.45, 7) is 1.93. The summed E-state index contributed by atoms with van der Waals surface area (Å²) >= 11 is 1.30. The Bertz CT molecular complexity index is 565. The standard InChI is InChI=1S/C12H11FN2OS/c1-2-9-15-10(12(14)16)11(17-9)7-5-3-4-6-8(7)13/h3-6H,2H2,1H3,(H2,14,16). The average Bonchev–Trinajstić information content (AvgIpc) is 2.73. The zero-order valence-electron chi connectivity index (χ0n) is 9.24. The second-order valence-corrected chi connectivity index (χ2v) is 4.57. The van der Waals surface area contributed by atoms with Crippen molar-refractivity contribution in [2.75, 3.05) is 0 Å². The van der Waals surface area contributed by atoms with Crippen LogP contribution in [0.2, 0.25) is 0 Å². The molecule has 2 rings (SSSR count). The van der Waals surface area contributed by atoms with Crippen molar-refractivity contribution in [1.29, 1.82) is 0 Å². The second kappa shape index (κ2) is 4.63. The average molecular weight is 250 g/mol. The Kier molecular flexibility index (Phi) is 3.19. The Morgan fingerprint density at radius 1 is 1.47 bits per heavy atom. The molecule has 0 saturated heterocycles. The molecule has 0 aliphatic carbocycles. The van der Waals surface area contributed by atoms with E-state index in [1.54, 1.807) is 18.2 Å². The zero-order chi connectivity index (χ0) is 12.4. The summed E-state index contributed by atoms with van der Waals surface area (Å²) in [5.41, 5.74) is 5.78. The molecule has 17 heavy (non-hydrogen) atoms. The van der Waals surface area contributed by atoms with Gasteiger partial charge in [-0.25, -0.2) is 9.37 Å². The fraction of sp³-hybridized carbons (Fsp3) is 0.167. The van der Waals surface area contributed by atoms with E-state index in [0.717, 1.165) is 5.01 Å². The number of rotatable bonds is 3. The highest BCUT2D eigenvalue weighted by molar-refractivity contribution is 7.15. The first-order chi connectivity index (χ1) is 8.13. The van der Waals surface area contributed by atoms with Crippen molar-refractivity contribution in [3.63, 3.8) is 0 Å². The van der Waals surface area contributed by atoms with Crippen LogP contribution in [-0.4, -0.2) is 10.9 Å². The number of halogens is 1. The maximum Gasteiger partial charge on any atom is 0.268 e. The third kappa shape index (κ3) is 2.19. The molecular formula is C12H11FN2OS. The van der Waals surface area contributed by atoms with Crippen molar-refractivity contribution >= 4 is 17.2 Å². The summed E-state index contributed by atoms with van der Waals surface area (Å²) in [6.07, 6.45) is 0.694. The van der Waals surface area contributed by atoms with E-state index >= 15 is 0 Å². The van der Waals surface area contributed by atoms with Gasteiger partial charge in [-0.3, -0.25) is 4.79 Å². The van der Waals surface area contributed by atoms with Gasteiger partial charge in [0.15, 0.2) is 0 Å². The minimum atomic E-state index is -0.626. The SMILES string of the molecule is CCc1nc(C(N)=O)c(-c2ccccc2F)s1. The quantitative estimate of drug-likeness (QED) is 0.910. The third-order valence-electron chi connectivity index (χ3n) is 2.33. The van der Waals surface area contributed by atoms with E-state index in [-0.39, 0.29) is 11.5 Å². The molecule has 1 aromatic carbocycles. The fourth-order valence-electron chi connectivity index (χ4n) is 1.51. The molecule has 0 fully saturated rings. The first-order valence-corrected chi connectivity index (χ1v) is 5.99. The van der Waals surface area contributed by atoms with Gasteiger partial charge in [0, 0.05) is 5.56 Å². The van der Waals surface area contributed by atoms with Crippen molar-refractivity contribution < 1.29 is 9.18 Å². The van der Waals surface area contributed by atoms with Crippen molar-refractivity contribution in [3.8, 4) is 10.4 Å². The van der Waals surface area contributed by atoms with Gasteiger partial charge in [-0.1, -0.05) is 25.1 Å². The molecule has 2 aromatic rings. The van der Waals surface area contributed by atoms with Crippen molar-refractivity contribution in [2.24, 2.45) is 5.73 Å². The van der Waals surface area contributed by atoms with E-state index in [2.05, 4.69) is 4.98 Å². The highest BCUT2D eigenvalue weighted by Gasteiger charge is 2.18. The fourth-order valence-corrected chi connectivity index (χ4v) is 2.55. The molecule has 0 saturated carbocycles. The highest BCUT2D eigenvalue weighted by atomic mass is 32.1. The molecule has 1 amide bonds. The van der Waals surface area contributed by atoms with Crippen LogP contribution in [0, 0.1) is 5.82 Å². The Balaban J connectivity index is 2.62. The monoisotopic (exact) mass is 250 g/mol. The van der Waals surface area contributed by atoms with E-state index in [1.165, 1.54) is 17.4 Å². The lowest BCUT2D eigenvalue weighted by molar-refractivity contribution is 0.0996. The predicted molar refractivity (Wildman–Crippen MR) is 65.4 cm³/mol. The van der Waals surface area contributed by atoms with Crippen LogP contribution in [0.25, 0.3) is 10.4 Å². The summed E-state index contributed by atoms with van der Waals surface area (Å²) < 4.78 is 13.7. The van der Waals surface area contributed by atoms with Crippen molar-refractivity contribution in [2.45, 2.75) is 13.3 Å². The Morgan fingerprint density at radius 3 is 2.76 bits per heavy atom. The number of carbonyl (C=O) groups excluding carboxylic acids is 1. The summed E-state index contributed by atoms with van der Waals surface area (Å²) in [6, 6.07) is 6.29. The number of hydrogen-bond acceptors (Lipinski definition) is 3. The molecule has 88 valence electrons. The molecule has 3 nitrogen and oxygen atoms in total. The van der Waals surface area contributed by atoms with Gasteiger partial charge in [0.25, 0.3) is 5.91 Å². The number of primary amides is 1. The van der Waals surface area contributed by atoms with Gasteiger partial charge in [0.1, 0.15) is 11.5 Å². The number of aryl methyl sites for hydroxylation is 1. The van der Waals surface area contributed by atoms with E-state index in [1.807, 2.05) is 6.92 Å². The normalized spacial score (nSPS) is 10.5. The molecule has 0 bridgehead atoms. The van der Waals surface area contributed by atoms with Crippen LogP contribution in [0.4, 0.5) is 4.39 Å². The van der Waals surface area contributed by atoms with Crippen LogP contribution in [0.3, 0.4) is 0 Å². The zero-order valence-corrected chi connectivity index (χ0v) is 10.1. The lowest BCUT2D eigenvalue weighted by atomic mass is 10.1. The van der Waals surface area contributed by atoms with Crippen LogP contribution < -0.4 is 5.73 Å². The minimum absolute atomic E-state index is 0.150. The maximum absolute atomic E-state index is 13.7. The minimum Gasteiger partial charge on any atom is -0.364 e. The second-order valence-electron chi connectivity index (χ2n) is 3.48. The summed E-state index contributed by atoms with van der Waals surface area (Å²) in [5.74, 6) is -1.000. The van der Waals surface area contributed by atoms with Crippen LogP contribution >= 0.6 is 11.3 Å². The van der Waals surface area contributed by atoms with Crippen LogP contribution in [-0.2, 0) is 6.42 Å². The first-order valence-electron chi connectivity index (χ1n) is 5.18. The number of aromatic nitrogens is 1. The van der Waals surface area contributed by atoms with E-state index in [0.29, 0.717) is 16.9 Å². The molecule has 0 aliphatic heterocycles. The van der Waals surface area contributed by atoms with Gasteiger partial charge in [0.2, 0.25) is 0 Å². The van der Waals surface area contributed by atoms with Crippen LogP contribution in [0.1, 0.15) is 22.4 Å². The maximum atomic E-state index is 13.7. The molecule has 0 radical (unpaired) electrons. The largest absolute Gasteiger partial charge is 0.364 e. The van der Waals surface area contributed by atoms with E-state index in [4.69, 9.17) is 5.73 Å². The number of nitrogens with two attached hydrogens (primary N) is 1. The number of nitrogens with zero attached hydrogens (tertiary/aromatic N) is 1. The highest BCUT2D eigenvalue weighted by Crippen LogP contribution is 2.32. The summed E-state index contributed by atoms with van der Waals surface area (Å²) in [5, 5.41) is 0.775. The molecule has 1 heterocycles. The Labute approximate surface area is 102 Å². The molecule has 1 aromatic heterocycles. The predicted octanol–water partition coefficient (Wildman–Crippen LogP) is 2.61. The smallest absolute Gasteiger partial charge is 0.268 e. The molecular weight excluding hydrogens is 239 g/mol. The molecule has 5 heteroatoms. The van der Waals surface area contributed by atoms with Gasteiger partial charge in [0.05, 0.1) is 9.88 Å². The molecule has 0 spiro atoms. The van der Waals surface area contributed by atoms with Gasteiger partial charge in [-0.05, 0) is 12.5 Å². The molecule has 0 atom stereocenters. The van der Waals surface area contributed by atoms with Gasteiger partial charge in [-0.2, -0.15) is 0 Å². The van der Waals surface area contributed by atoms with Gasteiger partial charge >= 0.3 is 0 Å². The van der Waals surface area contributed by atoms with Crippen LogP contribution in [0.5, 0.6) is 0 Å².